The maximum Gasteiger partial charge on any atom is 0.119 e. The summed E-state index contributed by atoms with van der Waals surface area (Å²) in [6.45, 7) is 11.6. The molecule has 0 unspecified atom stereocenters. The summed E-state index contributed by atoms with van der Waals surface area (Å²) in [5.74, 6) is 0.857. The van der Waals surface area contributed by atoms with Crippen LogP contribution >= 0.6 is 11.6 Å². The highest BCUT2D eigenvalue weighted by Crippen LogP contribution is 2.28. The fraction of sp³-hybridized carbons (Fsp3) is 0.455. The third kappa shape index (κ3) is 6.22. The van der Waals surface area contributed by atoms with Crippen molar-refractivity contribution in [2.75, 3.05) is 12.4 Å². The van der Waals surface area contributed by atoms with Gasteiger partial charge in [0.05, 0.1) is 7.11 Å². The van der Waals surface area contributed by atoms with Gasteiger partial charge in [-0.3, -0.25) is 0 Å². The van der Waals surface area contributed by atoms with Gasteiger partial charge in [-0.1, -0.05) is 29.8 Å². The predicted molar refractivity (Wildman–Crippen MR) is 112 cm³/mol. The second-order valence-electron chi connectivity index (χ2n) is 8.41. The Morgan fingerprint density at radius 1 is 0.923 bits per heavy atom. The molecule has 0 atom stereocenters. The first-order valence-electron chi connectivity index (χ1n) is 9.03. The van der Waals surface area contributed by atoms with E-state index in [9.17, 15) is 0 Å². The summed E-state index contributed by atoms with van der Waals surface area (Å²) in [4.78, 5) is 0. The highest BCUT2D eigenvalue weighted by Gasteiger charge is 2.21. The van der Waals surface area contributed by atoms with Crippen molar-refractivity contribution in [1.82, 2.24) is 5.32 Å². The third-order valence-corrected chi connectivity index (χ3v) is 4.66. The van der Waals surface area contributed by atoms with E-state index in [1.54, 1.807) is 7.11 Å². The number of benzene rings is 2. The molecule has 142 valence electrons. The lowest BCUT2D eigenvalue weighted by atomic mass is 9.93. The lowest BCUT2D eigenvalue weighted by Gasteiger charge is -2.29. The molecule has 0 amide bonds. The van der Waals surface area contributed by atoms with Gasteiger partial charge in [-0.2, -0.15) is 0 Å². The second kappa shape index (κ2) is 8.32. The monoisotopic (exact) mass is 374 g/mol. The SMILES string of the molecule is COc1ccc(NC(C)(C)Cc2cccc(CNC(C)(C)C)c2Cl)cc1. The molecule has 4 heteroatoms. The minimum atomic E-state index is -0.131. The first-order valence-corrected chi connectivity index (χ1v) is 9.41. The van der Waals surface area contributed by atoms with Gasteiger partial charge in [-0.05, 0) is 76.4 Å². The Kier molecular flexibility index (Phi) is 6.59. The van der Waals surface area contributed by atoms with E-state index in [0.717, 1.165) is 40.6 Å². The number of anilines is 1. The van der Waals surface area contributed by atoms with Crippen LogP contribution in [0.3, 0.4) is 0 Å². The highest BCUT2D eigenvalue weighted by atomic mass is 35.5. The van der Waals surface area contributed by atoms with E-state index in [-0.39, 0.29) is 11.1 Å². The molecule has 0 heterocycles. The molecule has 0 spiro atoms. The molecule has 2 aromatic rings. The molecular weight excluding hydrogens is 344 g/mol. The van der Waals surface area contributed by atoms with Crippen molar-refractivity contribution in [2.45, 2.75) is 58.7 Å². The average molecular weight is 375 g/mol. The van der Waals surface area contributed by atoms with Crippen molar-refractivity contribution < 1.29 is 4.74 Å². The van der Waals surface area contributed by atoms with Gasteiger partial charge >= 0.3 is 0 Å². The smallest absolute Gasteiger partial charge is 0.119 e. The number of hydrogen-bond donors (Lipinski definition) is 2. The summed E-state index contributed by atoms with van der Waals surface area (Å²) in [5.41, 5.74) is 3.30. The van der Waals surface area contributed by atoms with E-state index in [0.29, 0.717) is 0 Å². The van der Waals surface area contributed by atoms with E-state index in [4.69, 9.17) is 16.3 Å². The molecule has 0 aliphatic carbocycles. The largest absolute Gasteiger partial charge is 0.497 e. The molecule has 0 saturated carbocycles. The zero-order valence-electron chi connectivity index (χ0n) is 16.7. The van der Waals surface area contributed by atoms with Crippen LogP contribution in [0.15, 0.2) is 42.5 Å². The van der Waals surface area contributed by atoms with Crippen LogP contribution in [0.4, 0.5) is 5.69 Å². The summed E-state index contributed by atoms with van der Waals surface area (Å²) >= 11 is 6.70. The van der Waals surface area contributed by atoms with Gasteiger partial charge in [0.1, 0.15) is 5.75 Å². The molecule has 0 bridgehead atoms. The fourth-order valence-electron chi connectivity index (χ4n) is 2.85. The summed E-state index contributed by atoms with van der Waals surface area (Å²) in [7, 11) is 1.68. The van der Waals surface area contributed by atoms with Crippen molar-refractivity contribution in [3.63, 3.8) is 0 Å². The molecule has 26 heavy (non-hydrogen) atoms. The van der Waals surface area contributed by atoms with Crippen LogP contribution in [0, 0.1) is 0 Å². The first kappa shape index (κ1) is 20.6. The standard InChI is InChI=1S/C22H31ClN2O/c1-21(2,3)24-15-17-9-7-8-16(20(17)23)14-22(4,5)25-18-10-12-19(26-6)13-11-18/h7-13,24-25H,14-15H2,1-6H3. The average Bonchev–Trinajstić information content (AvgIpc) is 2.55. The lowest BCUT2D eigenvalue weighted by Crippen LogP contribution is -2.35. The van der Waals surface area contributed by atoms with Crippen molar-refractivity contribution in [2.24, 2.45) is 0 Å². The molecule has 2 rings (SSSR count). The van der Waals surface area contributed by atoms with Crippen LogP contribution in [0.5, 0.6) is 5.75 Å². The summed E-state index contributed by atoms with van der Waals surface area (Å²) in [6.07, 6.45) is 0.835. The van der Waals surface area contributed by atoms with E-state index < -0.39 is 0 Å². The maximum absolute atomic E-state index is 6.70. The number of nitrogens with one attached hydrogen (secondary N) is 2. The van der Waals surface area contributed by atoms with Gasteiger partial charge in [0.2, 0.25) is 0 Å². The van der Waals surface area contributed by atoms with E-state index >= 15 is 0 Å². The van der Waals surface area contributed by atoms with Crippen molar-refractivity contribution in [1.29, 1.82) is 0 Å². The second-order valence-corrected chi connectivity index (χ2v) is 8.79. The molecule has 0 aliphatic rings. The minimum absolute atomic E-state index is 0.0640. The van der Waals surface area contributed by atoms with Crippen LogP contribution in [0.1, 0.15) is 45.7 Å². The normalized spacial score (nSPS) is 12.1. The number of ether oxygens (including phenoxy) is 1. The van der Waals surface area contributed by atoms with Crippen LogP contribution in [0.2, 0.25) is 5.02 Å². The Morgan fingerprint density at radius 2 is 1.54 bits per heavy atom. The maximum atomic E-state index is 6.70. The van der Waals surface area contributed by atoms with Crippen LogP contribution in [-0.4, -0.2) is 18.2 Å². The molecule has 2 aromatic carbocycles. The Hall–Kier alpha value is -1.71. The molecule has 0 radical (unpaired) electrons. The van der Waals surface area contributed by atoms with Gasteiger partial charge in [0, 0.05) is 28.3 Å². The van der Waals surface area contributed by atoms with Gasteiger partial charge in [-0.15, -0.1) is 0 Å². The van der Waals surface area contributed by atoms with Crippen molar-refractivity contribution in [3.05, 3.63) is 58.6 Å². The summed E-state index contributed by atoms with van der Waals surface area (Å²) < 4.78 is 5.22. The van der Waals surface area contributed by atoms with Crippen molar-refractivity contribution >= 4 is 17.3 Å². The summed E-state index contributed by atoms with van der Waals surface area (Å²) in [6, 6.07) is 14.3. The van der Waals surface area contributed by atoms with Gasteiger partial charge in [0.15, 0.2) is 0 Å². The zero-order chi connectivity index (χ0) is 19.4. The first-order chi connectivity index (χ1) is 12.1. The number of rotatable bonds is 7. The molecular formula is C22H31ClN2O. The quantitative estimate of drug-likeness (QED) is 0.655. The van der Waals surface area contributed by atoms with Gasteiger partial charge in [-0.25, -0.2) is 0 Å². The number of halogens is 1. The van der Waals surface area contributed by atoms with Crippen LogP contribution in [-0.2, 0) is 13.0 Å². The number of methoxy groups -OCH3 is 1. The number of hydrogen-bond acceptors (Lipinski definition) is 3. The molecule has 0 aromatic heterocycles. The summed E-state index contributed by atoms with van der Waals surface area (Å²) in [5, 5.41) is 7.95. The molecule has 2 N–H and O–H groups in total. The third-order valence-electron chi connectivity index (χ3n) is 4.17. The Labute approximate surface area is 163 Å². The zero-order valence-corrected chi connectivity index (χ0v) is 17.5. The van der Waals surface area contributed by atoms with Crippen molar-refractivity contribution in [3.8, 4) is 5.75 Å². The van der Waals surface area contributed by atoms with Crippen LogP contribution in [0.25, 0.3) is 0 Å². The lowest BCUT2D eigenvalue weighted by molar-refractivity contribution is 0.415. The van der Waals surface area contributed by atoms with Gasteiger partial charge in [0.25, 0.3) is 0 Å². The predicted octanol–water partition coefficient (Wildman–Crippen LogP) is 5.67. The molecule has 0 aliphatic heterocycles. The Balaban J connectivity index is 2.10. The van der Waals surface area contributed by atoms with E-state index in [1.807, 2.05) is 24.3 Å². The Morgan fingerprint density at radius 3 is 2.12 bits per heavy atom. The van der Waals surface area contributed by atoms with E-state index in [2.05, 4.69) is 63.5 Å². The van der Waals surface area contributed by atoms with Crippen LogP contribution < -0.4 is 15.4 Å². The molecule has 0 saturated heterocycles. The molecule has 3 nitrogen and oxygen atoms in total. The molecule has 0 fully saturated rings. The topological polar surface area (TPSA) is 33.3 Å². The van der Waals surface area contributed by atoms with E-state index in [1.165, 1.54) is 0 Å². The fourth-order valence-corrected chi connectivity index (χ4v) is 3.11. The highest BCUT2D eigenvalue weighted by molar-refractivity contribution is 6.32. The van der Waals surface area contributed by atoms with Gasteiger partial charge < -0.3 is 15.4 Å². The minimum Gasteiger partial charge on any atom is -0.497 e. The Bertz CT molecular complexity index is 718.